The first-order chi connectivity index (χ1) is 11.4. The molecular formula is C18H27NO5. The fraction of sp³-hybridized carbons (Fsp3) is 0.556. The van der Waals surface area contributed by atoms with Gasteiger partial charge in [0.2, 0.25) is 0 Å². The summed E-state index contributed by atoms with van der Waals surface area (Å²) in [5, 5.41) is 14.8. The summed E-state index contributed by atoms with van der Waals surface area (Å²) in [4.78, 5) is 20.7. The van der Waals surface area contributed by atoms with Gasteiger partial charge in [0.25, 0.3) is 0 Å². The van der Waals surface area contributed by atoms with Crippen LogP contribution in [0.2, 0.25) is 0 Å². The number of carboxylic acids is 2. The highest BCUT2D eigenvalue weighted by Gasteiger charge is 2.15. The van der Waals surface area contributed by atoms with Gasteiger partial charge in [-0.05, 0) is 49.4 Å². The zero-order chi connectivity index (χ0) is 17.9. The first kappa shape index (κ1) is 20.0. The minimum absolute atomic E-state index is 0.804. The molecule has 1 heterocycles. The van der Waals surface area contributed by atoms with Gasteiger partial charge >= 0.3 is 11.9 Å². The van der Waals surface area contributed by atoms with Gasteiger partial charge in [-0.2, -0.15) is 0 Å². The predicted octanol–water partition coefficient (Wildman–Crippen LogP) is 2.52. The predicted molar refractivity (Wildman–Crippen MR) is 91.4 cm³/mol. The van der Waals surface area contributed by atoms with E-state index in [4.69, 9.17) is 24.5 Å². The zero-order valence-corrected chi connectivity index (χ0v) is 14.4. The minimum atomic E-state index is -1.82. The molecule has 1 aromatic rings. The van der Waals surface area contributed by atoms with Crippen LogP contribution in [0, 0.1) is 5.92 Å². The van der Waals surface area contributed by atoms with Gasteiger partial charge < -0.3 is 14.9 Å². The molecule has 1 atom stereocenters. The Hall–Kier alpha value is -2.08. The Kier molecular flexibility index (Phi) is 8.86. The highest BCUT2D eigenvalue weighted by molar-refractivity contribution is 6.27. The van der Waals surface area contributed by atoms with Crippen LogP contribution >= 0.6 is 0 Å². The third kappa shape index (κ3) is 7.97. The molecule has 1 unspecified atom stereocenters. The third-order valence-corrected chi connectivity index (χ3v) is 3.93. The van der Waals surface area contributed by atoms with E-state index >= 15 is 0 Å². The topological polar surface area (TPSA) is 87.1 Å². The number of hydrogen-bond donors (Lipinski definition) is 2. The minimum Gasteiger partial charge on any atom is -0.492 e. The zero-order valence-electron chi connectivity index (χ0n) is 14.4. The quantitative estimate of drug-likeness (QED) is 0.803. The molecule has 2 N–H and O–H groups in total. The number of benzene rings is 1. The van der Waals surface area contributed by atoms with Crippen LogP contribution in [0.5, 0.6) is 5.75 Å². The molecule has 6 nitrogen and oxygen atoms in total. The molecule has 0 aromatic heterocycles. The second-order valence-corrected chi connectivity index (χ2v) is 6.00. The molecule has 0 saturated carbocycles. The Labute approximate surface area is 143 Å². The second kappa shape index (κ2) is 10.6. The van der Waals surface area contributed by atoms with Crippen LogP contribution in [0.4, 0.5) is 0 Å². The summed E-state index contributed by atoms with van der Waals surface area (Å²) >= 11 is 0. The van der Waals surface area contributed by atoms with Crippen molar-refractivity contribution in [2.24, 2.45) is 5.92 Å². The Bertz CT molecular complexity index is 503. The monoisotopic (exact) mass is 337 g/mol. The van der Waals surface area contributed by atoms with Crippen molar-refractivity contribution < 1.29 is 24.5 Å². The lowest BCUT2D eigenvalue weighted by molar-refractivity contribution is -0.159. The van der Waals surface area contributed by atoms with Gasteiger partial charge in [-0.3, -0.25) is 4.90 Å². The average molecular weight is 337 g/mol. The van der Waals surface area contributed by atoms with Crippen LogP contribution in [-0.2, 0) is 16.0 Å². The summed E-state index contributed by atoms with van der Waals surface area (Å²) in [6, 6.07) is 8.46. The smallest absolute Gasteiger partial charge is 0.414 e. The summed E-state index contributed by atoms with van der Waals surface area (Å²) in [6.45, 7) is 8.85. The molecule has 1 saturated heterocycles. The maximum atomic E-state index is 9.10. The molecule has 2 rings (SSSR count). The van der Waals surface area contributed by atoms with E-state index in [0.29, 0.717) is 0 Å². The number of piperidine rings is 1. The van der Waals surface area contributed by atoms with E-state index in [1.54, 1.807) is 0 Å². The van der Waals surface area contributed by atoms with Crippen LogP contribution in [0.3, 0.4) is 0 Å². The van der Waals surface area contributed by atoms with E-state index in [-0.39, 0.29) is 0 Å². The van der Waals surface area contributed by atoms with Crippen molar-refractivity contribution in [3.63, 3.8) is 0 Å². The van der Waals surface area contributed by atoms with Crippen molar-refractivity contribution >= 4 is 11.9 Å². The number of likely N-dealkylation sites (tertiary alicyclic amines) is 1. The number of hydrogen-bond acceptors (Lipinski definition) is 4. The Morgan fingerprint density at radius 2 is 1.83 bits per heavy atom. The van der Waals surface area contributed by atoms with Crippen molar-refractivity contribution in [2.45, 2.75) is 33.1 Å². The van der Waals surface area contributed by atoms with Crippen LogP contribution in [0.1, 0.15) is 32.3 Å². The molecule has 1 fully saturated rings. The molecule has 1 aliphatic heterocycles. The van der Waals surface area contributed by atoms with E-state index < -0.39 is 11.9 Å². The lowest BCUT2D eigenvalue weighted by Gasteiger charge is -2.30. The molecule has 1 aliphatic rings. The standard InChI is InChI=1S/C16H25NO.C2H2O4/c1-3-15-6-8-16(9-7-15)18-12-11-17-10-4-5-14(2)13-17;3-1(4)2(5)6/h6-9,14H,3-5,10-13H2,1-2H3;(H,3,4)(H,5,6). The maximum Gasteiger partial charge on any atom is 0.414 e. The van der Waals surface area contributed by atoms with E-state index in [2.05, 4.69) is 43.0 Å². The molecule has 0 amide bonds. The molecule has 24 heavy (non-hydrogen) atoms. The summed E-state index contributed by atoms with van der Waals surface area (Å²) in [7, 11) is 0. The van der Waals surface area contributed by atoms with E-state index in [9.17, 15) is 0 Å². The fourth-order valence-corrected chi connectivity index (χ4v) is 2.60. The number of ether oxygens (including phenoxy) is 1. The first-order valence-corrected chi connectivity index (χ1v) is 8.32. The Balaban J connectivity index is 0.000000413. The molecule has 1 aromatic carbocycles. The molecule has 0 bridgehead atoms. The van der Waals surface area contributed by atoms with Crippen LogP contribution < -0.4 is 4.74 Å². The number of aliphatic carboxylic acids is 2. The molecular weight excluding hydrogens is 310 g/mol. The number of carboxylic acid groups (broad SMARTS) is 2. The van der Waals surface area contributed by atoms with Crippen molar-refractivity contribution in [1.29, 1.82) is 0 Å². The van der Waals surface area contributed by atoms with Crippen molar-refractivity contribution in [2.75, 3.05) is 26.2 Å². The van der Waals surface area contributed by atoms with E-state index in [1.165, 1.54) is 31.5 Å². The van der Waals surface area contributed by atoms with Gasteiger partial charge in [0, 0.05) is 13.1 Å². The van der Waals surface area contributed by atoms with Crippen LogP contribution in [0.25, 0.3) is 0 Å². The summed E-state index contributed by atoms with van der Waals surface area (Å²) in [6.07, 6.45) is 3.81. The number of aryl methyl sites for hydroxylation is 1. The molecule has 0 spiro atoms. The van der Waals surface area contributed by atoms with Gasteiger partial charge in [-0.25, -0.2) is 9.59 Å². The van der Waals surface area contributed by atoms with Crippen molar-refractivity contribution in [3.05, 3.63) is 29.8 Å². The molecule has 6 heteroatoms. The van der Waals surface area contributed by atoms with Gasteiger partial charge in [-0.1, -0.05) is 26.0 Å². The van der Waals surface area contributed by atoms with Crippen molar-refractivity contribution in [3.8, 4) is 5.75 Å². The van der Waals surface area contributed by atoms with Crippen molar-refractivity contribution in [1.82, 2.24) is 4.90 Å². The Morgan fingerprint density at radius 3 is 2.33 bits per heavy atom. The SMILES string of the molecule is CCc1ccc(OCCN2CCCC(C)C2)cc1.O=C(O)C(=O)O. The maximum absolute atomic E-state index is 9.10. The molecule has 134 valence electrons. The second-order valence-electron chi connectivity index (χ2n) is 6.00. The largest absolute Gasteiger partial charge is 0.492 e. The van der Waals surface area contributed by atoms with E-state index in [0.717, 1.165) is 31.2 Å². The fourth-order valence-electron chi connectivity index (χ4n) is 2.60. The van der Waals surface area contributed by atoms with Crippen LogP contribution in [0.15, 0.2) is 24.3 Å². The normalized spacial score (nSPS) is 17.5. The number of carbonyl (C=O) groups is 2. The highest BCUT2D eigenvalue weighted by atomic mass is 16.5. The van der Waals surface area contributed by atoms with Gasteiger partial charge in [-0.15, -0.1) is 0 Å². The van der Waals surface area contributed by atoms with Gasteiger partial charge in [0.15, 0.2) is 0 Å². The molecule has 0 aliphatic carbocycles. The number of rotatable bonds is 5. The average Bonchev–Trinajstić information content (AvgIpc) is 2.56. The molecule has 0 radical (unpaired) electrons. The number of nitrogens with zero attached hydrogens (tertiary/aromatic N) is 1. The van der Waals surface area contributed by atoms with Gasteiger partial charge in [0.05, 0.1) is 0 Å². The summed E-state index contributed by atoms with van der Waals surface area (Å²) in [5.74, 6) is -1.80. The van der Waals surface area contributed by atoms with Crippen LogP contribution in [-0.4, -0.2) is 53.3 Å². The Morgan fingerprint density at radius 1 is 1.21 bits per heavy atom. The lowest BCUT2D eigenvalue weighted by atomic mass is 10.0. The van der Waals surface area contributed by atoms with Gasteiger partial charge in [0.1, 0.15) is 12.4 Å². The third-order valence-electron chi connectivity index (χ3n) is 3.93. The lowest BCUT2D eigenvalue weighted by Crippen LogP contribution is -2.37. The summed E-state index contributed by atoms with van der Waals surface area (Å²) < 4.78 is 5.80. The first-order valence-electron chi connectivity index (χ1n) is 8.32. The summed E-state index contributed by atoms with van der Waals surface area (Å²) in [5.41, 5.74) is 1.37. The van der Waals surface area contributed by atoms with E-state index in [1.807, 2.05) is 0 Å². The highest BCUT2D eigenvalue weighted by Crippen LogP contribution is 2.16.